The van der Waals surface area contributed by atoms with Crippen LogP contribution in [0.3, 0.4) is 0 Å². The number of imidazole rings is 1. The van der Waals surface area contributed by atoms with E-state index in [0.29, 0.717) is 0 Å². The Morgan fingerprint density at radius 1 is 1.42 bits per heavy atom. The smallest absolute Gasteiger partial charge is 0.123 e. The van der Waals surface area contributed by atoms with Crippen LogP contribution in [0.15, 0.2) is 30.7 Å². The Balaban J connectivity index is 2.36. The number of aryl methyl sites for hydroxylation is 2. The molecule has 0 fully saturated rings. The molecule has 1 unspecified atom stereocenters. The molecule has 4 heteroatoms. The third-order valence-electron chi connectivity index (χ3n) is 3.16. The van der Waals surface area contributed by atoms with Crippen molar-refractivity contribution in [2.75, 3.05) is 6.54 Å². The lowest BCUT2D eigenvalue weighted by molar-refractivity contribution is 0.581. The normalized spacial score (nSPS) is 12.6. The fourth-order valence-corrected chi connectivity index (χ4v) is 2.21. The van der Waals surface area contributed by atoms with E-state index in [9.17, 15) is 4.39 Å². The molecule has 0 aliphatic carbocycles. The lowest BCUT2D eigenvalue weighted by Crippen LogP contribution is -2.24. The Hall–Kier alpha value is -1.68. The summed E-state index contributed by atoms with van der Waals surface area (Å²) >= 11 is 0. The lowest BCUT2D eigenvalue weighted by atomic mass is 9.99. The molecule has 3 nitrogen and oxygen atoms in total. The van der Waals surface area contributed by atoms with Crippen LogP contribution >= 0.6 is 0 Å². The topological polar surface area (TPSA) is 29.9 Å². The molecule has 102 valence electrons. The molecule has 0 bridgehead atoms. The maximum atomic E-state index is 13.2. The minimum atomic E-state index is -0.198. The molecule has 0 saturated heterocycles. The van der Waals surface area contributed by atoms with Gasteiger partial charge in [-0.3, -0.25) is 0 Å². The molecular formula is C15H20FN3. The molecule has 2 rings (SSSR count). The molecule has 1 aromatic heterocycles. The number of nitrogens with zero attached hydrogens (tertiary/aromatic N) is 2. The summed E-state index contributed by atoms with van der Waals surface area (Å²) in [6, 6.07) is 4.93. The average Bonchev–Trinajstić information content (AvgIpc) is 2.78. The van der Waals surface area contributed by atoms with E-state index in [1.807, 2.05) is 30.8 Å². The fourth-order valence-electron chi connectivity index (χ4n) is 2.21. The van der Waals surface area contributed by atoms with Crippen LogP contribution in [-0.4, -0.2) is 16.1 Å². The van der Waals surface area contributed by atoms with Crippen molar-refractivity contribution in [1.82, 2.24) is 14.9 Å². The van der Waals surface area contributed by atoms with Crippen molar-refractivity contribution in [3.05, 3.63) is 53.4 Å². The van der Waals surface area contributed by atoms with Crippen LogP contribution in [0.1, 0.15) is 36.2 Å². The summed E-state index contributed by atoms with van der Waals surface area (Å²) in [5.74, 6) is -0.198. The van der Waals surface area contributed by atoms with Gasteiger partial charge in [0.05, 0.1) is 18.1 Å². The van der Waals surface area contributed by atoms with Crippen molar-refractivity contribution in [2.45, 2.75) is 26.3 Å². The van der Waals surface area contributed by atoms with Gasteiger partial charge in [0.2, 0.25) is 0 Å². The second kappa shape index (κ2) is 5.97. The molecule has 0 amide bonds. The van der Waals surface area contributed by atoms with Crippen LogP contribution < -0.4 is 5.32 Å². The lowest BCUT2D eigenvalue weighted by Gasteiger charge is -2.19. The Kier molecular flexibility index (Phi) is 4.32. The van der Waals surface area contributed by atoms with Crippen LogP contribution in [0.2, 0.25) is 0 Å². The number of benzene rings is 1. The molecule has 0 aliphatic heterocycles. The van der Waals surface area contributed by atoms with Gasteiger partial charge in [-0.1, -0.05) is 13.0 Å². The van der Waals surface area contributed by atoms with Crippen molar-refractivity contribution < 1.29 is 4.39 Å². The molecule has 2 aromatic rings. The van der Waals surface area contributed by atoms with Gasteiger partial charge in [0, 0.05) is 13.2 Å². The van der Waals surface area contributed by atoms with Crippen LogP contribution in [-0.2, 0) is 7.05 Å². The van der Waals surface area contributed by atoms with E-state index in [0.717, 1.165) is 29.8 Å². The molecule has 1 atom stereocenters. The first kappa shape index (κ1) is 13.7. The SMILES string of the molecule is CCCNC(c1cn(C)cn1)c1ccc(F)cc1C. The first-order chi connectivity index (χ1) is 9.11. The monoisotopic (exact) mass is 261 g/mol. The highest BCUT2D eigenvalue weighted by molar-refractivity contribution is 5.34. The minimum Gasteiger partial charge on any atom is -0.340 e. The van der Waals surface area contributed by atoms with Gasteiger partial charge in [-0.2, -0.15) is 0 Å². The highest BCUT2D eigenvalue weighted by Gasteiger charge is 2.17. The van der Waals surface area contributed by atoms with Gasteiger partial charge < -0.3 is 9.88 Å². The largest absolute Gasteiger partial charge is 0.340 e. The Labute approximate surface area is 113 Å². The molecule has 0 radical (unpaired) electrons. The van der Waals surface area contributed by atoms with Crippen molar-refractivity contribution in [2.24, 2.45) is 7.05 Å². The van der Waals surface area contributed by atoms with E-state index < -0.39 is 0 Å². The highest BCUT2D eigenvalue weighted by Crippen LogP contribution is 2.24. The molecular weight excluding hydrogens is 241 g/mol. The predicted molar refractivity (Wildman–Crippen MR) is 74.5 cm³/mol. The van der Waals surface area contributed by atoms with Gasteiger partial charge in [-0.25, -0.2) is 9.37 Å². The highest BCUT2D eigenvalue weighted by atomic mass is 19.1. The van der Waals surface area contributed by atoms with Gasteiger partial charge in [0.1, 0.15) is 5.82 Å². The maximum absolute atomic E-state index is 13.2. The molecule has 1 heterocycles. The molecule has 0 aliphatic rings. The van der Waals surface area contributed by atoms with E-state index in [1.54, 1.807) is 12.4 Å². The third-order valence-corrected chi connectivity index (χ3v) is 3.16. The predicted octanol–water partition coefficient (Wildman–Crippen LogP) is 2.96. The Bertz CT molecular complexity index is 548. The third kappa shape index (κ3) is 3.20. The number of aromatic nitrogens is 2. The van der Waals surface area contributed by atoms with Gasteiger partial charge in [0.25, 0.3) is 0 Å². The quantitative estimate of drug-likeness (QED) is 0.896. The van der Waals surface area contributed by atoms with Gasteiger partial charge in [-0.05, 0) is 43.1 Å². The summed E-state index contributed by atoms with van der Waals surface area (Å²) in [5, 5.41) is 3.48. The van der Waals surface area contributed by atoms with Crippen molar-refractivity contribution in [1.29, 1.82) is 0 Å². The summed E-state index contributed by atoms with van der Waals surface area (Å²) < 4.78 is 15.2. The fraction of sp³-hybridized carbons (Fsp3) is 0.400. The molecule has 0 spiro atoms. The number of halogens is 1. The van der Waals surface area contributed by atoms with E-state index in [-0.39, 0.29) is 11.9 Å². The van der Waals surface area contributed by atoms with Crippen molar-refractivity contribution in [3.8, 4) is 0 Å². The number of hydrogen-bond donors (Lipinski definition) is 1. The summed E-state index contributed by atoms with van der Waals surface area (Å²) in [5.41, 5.74) is 2.98. The van der Waals surface area contributed by atoms with E-state index in [2.05, 4.69) is 17.2 Å². The Morgan fingerprint density at radius 2 is 2.21 bits per heavy atom. The minimum absolute atomic E-state index is 0.0155. The number of rotatable bonds is 5. The molecule has 0 saturated carbocycles. The summed E-state index contributed by atoms with van der Waals surface area (Å²) in [6.45, 7) is 4.96. The second-order valence-corrected chi connectivity index (χ2v) is 4.85. The first-order valence-electron chi connectivity index (χ1n) is 6.59. The second-order valence-electron chi connectivity index (χ2n) is 4.85. The van der Waals surface area contributed by atoms with E-state index >= 15 is 0 Å². The summed E-state index contributed by atoms with van der Waals surface area (Å²) in [4.78, 5) is 4.42. The summed E-state index contributed by atoms with van der Waals surface area (Å²) in [7, 11) is 1.95. The number of nitrogens with one attached hydrogen (secondary N) is 1. The van der Waals surface area contributed by atoms with Crippen LogP contribution in [0.5, 0.6) is 0 Å². The zero-order chi connectivity index (χ0) is 13.8. The van der Waals surface area contributed by atoms with E-state index in [1.165, 1.54) is 6.07 Å². The summed E-state index contributed by atoms with van der Waals surface area (Å²) in [6.07, 6.45) is 4.83. The first-order valence-corrected chi connectivity index (χ1v) is 6.59. The molecule has 1 aromatic carbocycles. The van der Waals surface area contributed by atoms with Gasteiger partial charge in [-0.15, -0.1) is 0 Å². The van der Waals surface area contributed by atoms with Crippen molar-refractivity contribution in [3.63, 3.8) is 0 Å². The van der Waals surface area contributed by atoms with Gasteiger partial charge in [0.15, 0.2) is 0 Å². The molecule has 19 heavy (non-hydrogen) atoms. The zero-order valence-electron chi connectivity index (χ0n) is 11.7. The average molecular weight is 261 g/mol. The van der Waals surface area contributed by atoms with Crippen LogP contribution in [0.4, 0.5) is 4.39 Å². The number of hydrogen-bond acceptors (Lipinski definition) is 2. The van der Waals surface area contributed by atoms with Gasteiger partial charge >= 0.3 is 0 Å². The standard InChI is InChI=1S/C15H20FN3/c1-4-7-17-15(14-9-19(3)10-18-14)13-6-5-12(16)8-11(13)2/h5-6,8-10,15,17H,4,7H2,1-3H3. The Morgan fingerprint density at radius 3 is 2.79 bits per heavy atom. The van der Waals surface area contributed by atoms with Crippen LogP contribution in [0, 0.1) is 12.7 Å². The molecule has 1 N–H and O–H groups in total. The van der Waals surface area contributed by atoms with Crippen LogP contribution in [0.25, 0.3) is 0 Å². The maximum Gasteiger partial charge on any atom is 0.123 e. The zero-order valence-corrected chi connectivity index (χ0v) is 11.7. The van der Waals surface area contributed by atoms with Crippen molar-refractivity contribution >= 4 is 0 Å². The van der Waals surface area contributed by atoms with E-state index in [4.69, 9.17) is 0 Å².